The van der Waals surface area contributed by atoms with Gasteiger partial charge in [0.1, 0.15) is 17.7 Å². The average molecular weight is 750 g/mol. The number of hydrogen-bond acceptors (Lipinski definition) is 8. The van der Waals surface area contributed by atoms with Crippen LogP contribution in [0.2, 0.25) is 0 Å². The molecule has 10 heteroatoms. The van der Waals surface area contributed by atoms with E-state index in [1.54, 1.807) is 0 Å². The lowest BCUT2D eigenvalue weighted by Crippen LogP contribution is -2.66. The summed E-state index contributed by atoms with van der Waals surface area (Å²) in [4.78, 5) is 46.9. The van der Waals surface area contributed by atoms with E-state index in [0.717, 1.165) is 116 Å². The quantitative estimate of drug-likeness (QED) is 0.159. The van der Waals surface area contributed by atoms with Gasteiger partial charge in [0, 0.05) is 23.9 Å². The predicted octanol–water partition coefficient (Wildman–Crippen LogP) is 5.15. The van der Waals surface area contributed by atoms with Gasteiger partial charge in [-0.05, 0) is 101 Å². The maximum Gasteiger partial charge on any atom is 0.324 e. The van der Waals surface area contributed by atoms with Gasteiger partial charge >= 0.3 is 5.97 Å². The number of hydrogen-bond donors (Lipinski definition) is 4. The summed E-state index contributed by atoms with van der Waals surface area (Å²) in [7, 11) is 0. The largest absolute Gasteiger partial charge is 0.459 e. The lowest BCUT2D eigenvalue weighted by molar-refractivity contribution is -0.192. The number of carbonyl (C=O) groups excluding carboxylic acids is 3. The number of aliphatic hydroxyl groups is 2. The molecule has 8 rings (SSSR count). The molecule has 3 aliphatic heterocycles. The summed E-state index contributed by atoms with van der Waals surface area (Å²) in [5, 5.41) is 24.9. The SMILES string of the molecule is NC(=O)[C@@H]1[C@H]2C(=O)O[C@H](C3CCCCC3)[C@H](C3CCCCC3)N2[C@H](C2CCCCC2OCCO)[C@@]12C(=O)NC1CCC(C#CC3(O)CCCCCC3)CC12. The van der Waals surface area contributed by atoms with Gasteiger partial charge in [-0.1, -0.05) is 76.0 Å². The molecule has 8 fully saturated rings. The summed E-state index contributed by atoms with van der Waals surface area (Å²) < 4.78 is 13.2. The maximum absolute atomic E-state index is 15.3. The van der Waals surface area contributed by atoms with Crippen LogP contribution >= 0.6 is 0 Å². The second-order valence-electron chi connectivity index (χ2n) is 18.8. The first-order chi connectivity index (χ1) is 26.3. The molecule has 1 spiro atoms. The molecule has 0 radical (unpaired) electrons. The van der Waals surface area contributed by atoms with E-state index in [2.05, 4.69) is 22.1 Å². The van der Waals surface area contributed by atoms with Crippen LogP contribution in [0, 0.1) is 52.8 Å². The average Bonchev–Trinajstić information content (AvgIpc) is 3.55. The Kier molecular flexibility index (Phi) is 11.7. The van der Waals surface area contributed by atoms with Gasteiger partial charge in [0.2, 0.25) is 11.8 Å². The van der Waals surface area contributed by atoms with Crippen LogP contribution in [0.3, 0.4) is 0 Å². The van der Waals surface area contributed by atoms with Crippen molar-refractivity contribution < 1.29 is 34.1 Å². The van der Waals surface area contributed by atoms with Crippen molar-refractivity contribution in [3.8, 4) is 11.8 Å². The topological polar surface area (TPSA) is 151 Å². The molecule has 3 heterocycles. The molecule has 5 aliphatic carbocycles. The smallest absolute Gasteiger partial charge is 0.324 e. The lowest BCUT2D eigenvalue weighted by atomic mass is 9.55. The monoisotopic (exact) mass is 749 g/mol. The van der Waals surface area contributed by atoms with Crippen LogP contribution in [0.4, 0.5) is 0 Å². The fourth-order valence-corrected chi connectivity index (χ4v) is 13.7. The molecular weight excluding hydrogens is 682 g/mol. The predicted molar refractivity (Wildman–Crippen MR) is 203 cm³/mol. The molecule has 10 nitrogen and oxygen atoms in total. The van der Waals surface area contributed by atoms with E-state index in [1.807, 2.05) is 0 Å². The number of nitrogens with zero attached hydrogens (tertiary/aromatic N) is 1. The molecule has 2 amide bonds. The van der Waals surface area contributed by atoms with E-state index >= 15 is 4.79 Å². The highest BCUT2D eigenvalue weighted by molar-refractivity contribution is 5.98. The number of morpholine rings is 1. The van der Waals surface area contributed by atoms with Gasteiger partial charge in [-0.15, -0.1) is 0 Å². The summed E-state index contributed by atoms with van der Waals surface area (Å²) in [5.74, 6) is 4.84. The molecule has 5 saturated carbocycles. The molecule has 5 N–H and O–H groups in total. The lowest BCUT2D eigenvalue weighted by Gasteiger charge is -2.54. The number of amides is 2. The fourth-order valence-electron chi connectivity index (χ4n) is 13.7. The summed E-state index contributed by atoms with van der Waals surface area (Å²) in [6.07, 6.45) is 21.9. The highest BCUT2D eigenvalue weighted by Crippen LogP contribution is 2.64. The van der Waals surface area contributed by atoms with Crippen molar-refractivity contribution in [2.75, 3.05) is 13.2 Å². The third-order valence-corrected chi connectivity index (χ3v) is 15.9. The standard InChI is InChI=1S/C44H67N3O7/c45-40(49)35-37-41(50)54-38(30-15-7-4-8-16-30)36(29-13-5-3-6-14-29)47(37)39(31-17-9-10-18-34(31)53-26-25-48)44(35)32-27-28(19-20-33(32)46-42(44)51)21-24-43(52)22-11-1-2-12-23-43/h28-39,48,52H,1-20,22-23,25-27H2,(H2,45,49)(H,46,51)/t28?,31?,32?,33?,34?,35-,36-,37-,38+,39+,44-/m0/s1. The Labute approximate surface area is 322 Å². The highest BCUT2D eigenvalue weighted by atomic mass is 16.6. The Balaban J connectivity index is 1.27. The Hall–Kier alpha value is -2.19. The van der Waals surface area contributed by atoms with Crippen molar-refractivity contribution in [1.29, 1.82) is 0 Å². The molecule has 0 bridgehead atoms. The van der Waals surface area contributed by atoms with Crippen molar-refractivity contribution in [3.05, 3.63) is 0 Å². The van der Waals surface area contributed by atoms with Crippen LogP contribution in [-0.4, -0.2) is 88.1 Å². The van der Waals surface area contributed by atoms with E-state index in [-0.39, 0.29) is 73.1 Å². The third kappa shape index (κ3) is 6.94. The fraction of sp³-hybridized carbons (Fsp3) is 0.886. The van der Waals surface area contributed by atoms with Gasteiger partial charge < -0.3 is 30.7 Å². The Morgan fingerprint density at radius 2 is 1.52 bits per heavy atom. The zero-order valence-electron chi connectivity index (χ0n) is 32.6. The van der Waals surface area contributed by atoms with Crippen molar-refractivity contribution in [1.82, 2.24) is 10.2 Å². The number of fused-ring (bicyclic) bond motifs is 3. The number of nitrogens with one attached hydrogen (secondary N) is 1. The summed E-state index contributed by atoms with van der Waals surface area (Å²) >= 11 is 0. The first kappa shape index (κ1) is 38.7. The van der Waals surface area contributed by atoms with Gasteiger partial charge in [-0.3, -0.25) is 19.3 Å². The van der Waals surface area contributed by atoms with Crippen LogP contribution in [0.25, 0.3) is 0 Å². The summed E-state index contributed by atoms with van der Waals surface area (Å²) in [6.45, 7) is 0.120. The van der Waals surface area contributed by atoms with Gasteiger partial charge in [0.15, 0.2) is 0 Å². The number of aliphatic hydroxyl groups excluding tert-OH is 1. The molecule has 0 aromatic rings. The van der Waals surface area contributed by atoms with E-state index < -0.39 is 34.9 Å². The summed E-state index contributed by atoms with van der Waals surface area (Å²) in [5.41, 5.74) is 4.32. The third-order valence-electron chi connectivity index (χ3n) is 15.9. The summed E-state index contributed by atoms with van der Waals surface area (Å²) in [6, 6.07) is -1.62. The zero-order valence-corrected chi connectivity index (χ0v) is 32.6. The Morgan fingerprint density at radius 3 is 2.20 bits per heavy atom. The number of ether oxygens (including phenoxy) is 2. The molecular formula is C44H67N3O7. The number of rotatable bonds is 7. The molecule has 54 heavy (non-hydrogen) atoms. The molecule has 3 saturated heterocycles. The van der Waals surface area contributed by atoms with Gasteiger partial charge in [-0.2, -0.15) is 0 Å². The molecule has 5 unspecified atom stereocenters. The number of carbonyl (C=O) groups is 3. The minimum absolute atomic E-state index is 0.0428. The normalized spacial score (nSPS) is 41.9. The molecule has 8 aliphatic rings. The van der Waals surface area contributed by atoms with Gasteiger partial charge in [0.05, 0.1) is 36.7 Å². The minimum Gasteiger partial charge on any atom is -0.459 e. The van der Waals surface area contributed by atoms with E-state index in [1.165, 1.54) is 12.8 Å². The first-order valence-corrected chi connectivity index (χ1v) is 22.3. The second kappa shape index (κ2) is 16.3. The minimum atomic E-state index is -1.25. The van der Waals surface area contributed by atoms with Gasteiger partial charge in [0.25, 0.3) is 0 Å². The molecule has 11 atom stereocenters. The number of cyclic esters (lactones) is 1. The highest BCUT2D eigenvalue weighted by Gasteiger charge is 2.77. The van der Waals surface area contributed by atoms with E-state index in [9.17, 15) is 19.8 Å². The molecule has 0 aromatic heterocycles. The molecule has 300 valence electrons. The van der Waals surface area contributed by atoms with Crippen LogP contribution < -0.4 is 11.1 Å². The van der Waals surface area contributed by atoms with Crippen LogP contribution in [0.1, 0.15) is 148 Å². The number of nitrogens with two attached hydrogens (primary N) is 1. The van der Waals surface area contributed by atoms with Crippen LogP contribution in [0.15, 0.2) is 0 Å². The number of primary amides is 1. The van der Waals surface area contributed by atoms with Crippen molar-refractivity contribution in [3.63, 3.8) is 0 Å². The molecule has 0 aromatic carbocycles. The van der Waals surface area contributed by atoms with E-state index in [0.29, 0.717) is 25.2 Å². The van der Waals surface area contributed by atoms with Gasteiger partial charge in [-0.25, -0.2) is 0 Å². The second-order valence-corrected chi connectivity index (χ2v) is 18.8. The Bertz CT molecular complexity index is 1420. The zero-order chi connectivity index (χ0) is 37.5. The van der Waals surface area contributed by atoms with Crippen molar-refractivity contribution in [2.24, 2.45) is 46.7 Å². The number of esters is 1. The Morgan fingerprint density at radius 1 is 0.870 bits per heavy atom. The van der Waals surface area contributed by atoms with Crippen LogP contribution in [-0.2, 0) is 23.9 Å². The maximum atomic E-state index is 15.3. The van der Waals surface area contributed by atoms with Crippen molar-refractivity contribution >= 4 is 17.8 Å². The first-order valence-electron chi connectivity index (χ1n) is 22.3. The van der Waals surface area contributed by atoms with Crippen molar-refractivity contribution in [2.45, 2.75) is 190 Å². The van der Waals surface area contributed by atoms with Crippen LogP contribution in [0.5, 0.6) is 0 Å². The van der Waals surface area contributed by atoms with E-state index in [4.69, 9.17) is 15.2 Å².